The van der Waals surface area contributed by atoms with Crippen LogP contribution in [0, 0.1) is 0 Å². The summed E-state index contributed by atoms with van der Waals surface area (Å²) in [5.41, 5.74) is 18.4. The third-order valence-electron chi connectivity index (χ3n) is 14.0. The molecule has 0 saturated carbocycles. The number of rotatable bonds is 9. The fourth-order valence-electron chi connectivity index (χ4n) is 10.7. The maximum absolute atomic E-state index is 2.51. The molecule has 0 unspecified atom stereocenters. The Kier molecular flexibility index (Phi) is 10.2. The van der Waals surface area contributed by atoms with E-state index in [1.54, 1.807) is 0 Å². The molecule has 328 valence electrons. The van der Waals surface area contributed by atoms with Crippen LogP contribution in [0.3, 0.4) is 0 Å². The highest BCUT2D eigenvalue weighted by atomic mass is 15.1. The second-order valence-electron chi connectivity index (χ2n) is 18.1. The summed E-state index contributed by atoms with van der Waals surface area (Å²) in [7, 11) is 0. The molecule has 12 aromatic carbocycles. The highest BCUT2D eigenvalue weighted by molar-refractivity contribution is 6.19. The Bertz CT molecular complexity index is 4040. The van der Waals surface area contributed by atoms with E-state index in [-0.39, 0.29) is 0 Å². The highest BCUT2D eigenvalue weighted by Gasteiger charge is 2.23. The van der Waals surface area contributed by atoms with Crippen molar-refractivity contribution >= 4 is 60.4 Å². The first kappa shape index (κ1) is 41.0. The van der Waals surface area contributed by atoms with Crippen molar-refractivity contribution in [3.63, 3.8) is 0 Å². The average molecular weight is 891 g/mol. The van der Waals surface area contributed by atoms with E-state index in [4.69, 9.17) is 0 Å². The van der Waals surface area contributed by atoms with Crippen LogP contribution in [0.5, 0.6) is 0 Å². The molecule has 0 N–H and O–H groups in total. The number of hydrogen-bond donors (Lipinski definition) is 0. The van der Waals surface area contributed by atoms with Crippen LogP contribution in [0.15, 0.2) is 279 Å². The number of hydrogen-bond acceptors (Lipinski definition) is 1. The monoisotopic (exact) mass is 890 g/mol. The van der Waals surface area contributed by atoms with Crippen molar-refractivity contribution < 1.29 is 0 Å². The van der Waals surface area contributed by atoms with Crippen molar-refractivity contribution in [3.8, 4) is 61.3 Å². The van der Waals surface area contributed by atoms with Gasteiger partial charge in [0.15, 0.2) is 0 Å². The molecule has 0 atom stereocenters. The molecule has 0 fully saturated rings. The van der Waals surface area contributed by atoms with Gasteiger partial charge in [0.05, 0.1) is 22.4 Å². The summed E-state index contributed by atoms with van der Waals surface area (Å²) in [6, 6.07) is 102. The Morgan fingerprint density at radius 2 is 0.829 bits per heavy atom. The average Bonchev–Trinajstić information content (AvgIpc) is 3.79. The largest absolute Gasteiger partial charge is 0.310 e. The number of fused-ring (bicyclic) bond motifs is 6. The summed E-state index contributed by atoms with van der Waals surface area (Å²) in [6.07, 6.45) is 0. The number of anilines is 3. The summed E-state index contributed by atoms with van der Waals surface area (Å²) in [4.78, 5) is 2.44. The predicted octanol–water partition coefficient (Wildman–Crippen LogP) is 18.9. The molecule has 13 aromatic rings. The molecule has 2 nitrogen and oxygen atoms in total. The van der Waals surface area contributed by atoms with Crippen LogP contribution in [-0.4, -0.2) is 4.57 Å². The van der Waals surface area contributed by atoms with Gasteiger partial charge in [0.1, 0.15) is 0 Å². The van der Waals surface area contributed by atoms with E-state index in [1.165, 1.54) is 76.7 Å². The fourth-order valence-corrected chi connectivity index (χ4v) is 10.7. The van der Waals surface area contributed by atoms with Gasteiger partial charge in [-0.3, -0.25) is 0 Å². The minimum atomic E-state index is 1.06. The first-order valence-electron chi connectivity index (χ1n) is 24.1. The fraction of sp³-hybridized carbons (Fsp3) is 0. The van der Waals surface area contributed by atoms with Crippen molar-refractivity contribution in [3.05, 3.63) is 279 Å². The van der Waals surface area contributed by atoms with Crippen LogP contribution in [0.4, 0.5) is 17.1 Å². The molecule has 0 amide bonds. The Morgan fingerprint density at radius 3 is 1.60 bits per heavy atom. The van der Waals surface area contributed by atoms with Gasteiger partial charge in [-0.1, -0.05) is 224 Å². The van der Waals surface area contributed by atoms with Gasteiger partial charge in [-0.05, 0) is 115 Å². The molecule has 0 radical (unpaired) electrons. The molecule has 0 spiro atoms. The lowest BCUT2D eigenvalue weighted by Gasteiger charge is -2.29. The zero-order valence-corrected chi connectivity index (χ0v) is 38.5. The van der Waals surface area contributed by atoms with E-state index in [2.05, 4.69) is 289 Å². The zero-order chi connectivity index (χ0) is 46.4. The molecule has 1 heterocycles. The summed E-state index contributed by atoms with van der Waals surface area (Å²) >= 11 is 0. The molecule has 1 aromatic heterocycles. The van der Waals surface area contributed by atoms with E-state index >= 15 is 0 Å². The quantitative estimate of drug-likeness (QED) is 0.140. The zero-order valence-electron chi connectivity index (χ0n) is 38.5. The normalized spacial score (nSPS) is 11.4. The molecular formula is C68H46N2. The van der Waals surface area contributed by atoms with Gasteiger partial charge < -0.3 is 9.47 Å². The second-order valence-corrected chi connectivity index (χ2v) is 18.1. The molecule has 70 heavy (non-hydrogen) atoms. The van der Waals surface area contributed by atoms with Crippen LogP contribution in [-0.2, 0) is 0 Å². The van der Waals surface area contributed by atoms with Crippen molar-refractivity contribution in [2.45, 2.75) is 0 Å². The van der Waals surface area contributed by atoms with Crippen molar-refractivity contribution in [1.29, 1.82) is 0 Å². The topological polar surface area (TPSA) is 8.17 Å². The van der Waals surface area contributed by atoms with Gasteiger partial charge in [-0.2, -0.15) is 0 Å². The summed E-state index contributed by atoms with van der Waals surface area (Å²) < 4.78 is 2.51. The minimum absolute atomic E-state index is 1.06. The number of nitrogens with zero attached hydrogens (tertiary/aromatic N) is 2. The molecule has 0 aliphatic rings. The summed E-state index contributed by atoms with van der Waals surface area (Å²) in [6.45, 7) is 0. The Hall–Kier alpha value is -9.24. The van der Waals surface area contributed by atoms with Crippen LogP contribution < -0.4 is 4.90 Å². The minimum Gasteiger partial charge on any atom is -0.310 e. The Labute approximate surface area is 408 Å². The maximum atomic E-state index is 2.51. The molecule has 2 heteroatoms. The van der Waals surface area contributed by atoms with E-state index in [0.29, 0.717) is 0 Å². The van der Waals surface area contributed by atoms with Gasteiger partial charge in [-0.15, -0.1) is 0 Å². The number of benzene rings is 12. The Balaban J connectivity index is 1.03. The predicted molar refractivity (Wildman–Crippen MR) is 298 cm³/mol. The molecular weight excluding hydrogens is 845 g/mol. The molecule has 0 aliphatic heterocycles. The number of aromatic nitrogens is 1. The van der Waals surface area contributed by atoms with Gasteiger partial charge >= 0.3 is 0 Å². The van der Waals surface area contributed by atoms with E-state index in [1.807, 2.05) is 0 Å². The third kappa shape index (κ3) is 7.22. The molecule has 0 aliphatic carbocycles. The summed E-state index contributed by atoms with van der Waals surface area (Å²) in [5, 5.41) is 7.40. The Morgan fingerprint density at radius 1 is 0.271 bits per heavy atom. The third-order valence-corrected chi connectivity index (χ3v) is 14.0. The van der Waals surface area contributed by atoms with Gasteiger partial charge in [0.25, 0.3) is 0 Å². The first-order valence-corrected chi connectivity index (χ1v) is 24.1. The lowest BCUT2D eigenvalue weighted by Crippen LogP contribution is -2.11. The smallest absolute Gasteiger partial charge is 0.0619 e. The van der Waals surface area contributed by atoms with Crippen molar-refractivity contribution in [2.24, 2.45) is 0 Å². The highest BCUT2D eigenvalue weighted by Crippen LogP contribution is 2.47. The van der Waals surface area contributed by atoms with Gasteiger partial charge in [0.2, 0.25) is 0 Å². The van der Waals surface area contributed by atoms with Crippen LogP contribution in [0.25, 0.3) is 105 Å². The SMILES string of the molecule is c1ccc(-c2ccc(N(c3ccc(-c4c(-c5ccccc5)cccc4-n4c5ccccc5c5ccc6ccccc6c54)cc3)c3cccc(-c4ccc5ccccc5c4)c3)c(-c3ccccc3)c2)cc1. The van der Waals surface area contributed by atoms with Crippen molar-refractivity contribution in [2.75, 3.05) is 4.90 Å². The van der Waals surface area contributed by atoms with Crippen LogP contribution in [0.2, 0.25) is 0 Å². The van der Waals surface area contributed by atoms with Gasteiger partial charge in [-0.25, -0.2) is 0 Å². The van der Waals surface area contributed by atoms with E-state index in [9.17, 15) is 0 Å². The lowest BCUT2D eigenvalue weighted by molar-refractivity contribution is 1.19. The summed E-state index contributed by atoms with van der Waals surface area (Å²) in [5.74, 6) is 0. The number of para-hydroxylation sites is 1. The van der Waals surface area contributed by atoms with E-state index < -0.39 is 0 Å². The lowest BCUT2D eigenvalue weighted by atomic mass is 9.92. The molecule has 0 saturated heterocycles. The second kappa shape index (κ2) is 17.4. The standard InChI is InChI=1S/C68H46N2/c1-4-18-47(19-5-1)56-39-43-65(63(46-56)50-23-8-3-9-24-50)69(58-28-16-27-54(45-58)55-35-34-48-20-10-11-26-53(48)44-55)57-40-36-52(37-41-57)67-59(49-21-6-2-7-22-49)31-17-33-66(67)70-64-32-15-14-30-61(64)62-42-38-51-25-12-13-29-60(51)68(62)70/h1-46H. The molecule has 0 bridgehead atoms. The van der Waals surface area contributed by atoms with Gasteiger partial charge in [0, 0.05) is 38.7 Å². The van der Waals surface area contributed by atoms with Crippen LogP contribution >= 0.6 is 0 Å². The first-order chi connectivity index (χ1) is 34.7. The molecule has 13 rings (SSSR count). The maximum Gasteiger partial charge on any atom is 0.0619 e. The van der Waals surface area contributed by atoms with Crippen LogP contribution in [0.1, 0.15) is 0 Å². The van der Waals surface area contributed by atoms with E-state index in [0.717, 1.165) is 45.0 Å². The van der Waals surface area contributed by atoms with Crippen molar-refractivity contribution in [1.82, 2.24) is 4.57 Å².